The van der Waals surface area contributed by atoms with E-state index in [1.165, 1.54) is 5.56 Å². The topological polar surface area (TPSA) is 39.7 Å². The van der Waals surface area contributed by atoms with E-state index in [1.54, 1.807) is 0 Å². The molecule has 1 aromatic carbocycles. The fraction of sp³-hybridized carbons (Fsp3) is 0.619. The first-order valence-electron chi connectivity index (χ1n) is 9.72. The molecule has 1 fully saturated rings. The Morgan fingerprint density at radius 1 is 1.19 bits per heavy atom. The van der Waals surface area contributed by atoms with E-state index in [0.29, 0.717) is 12.8 Å². The van der Waals surface area contributed by atoms with Gasteiger partial charge in [-0.1, -0.05) is 39.0 Å². The molecule has 2 aliphatic heterocycles. The minimum atomic E-state index is -1.77. The van der Waals surface area contributed by atoms with Crippen LogP contribution in [0.2, 0.25) is 18.1 Å². The third-order valence-electron chi connectivity index (χ3n) is 6.79. The fourth-order valence-corrected chi connectivity index (χ4v) is 5.45. The van der Waals surface area contributed by atoms with Crippen LogP contribution in [0.5, 0.6) is 11.5 Å². The van der Waals surface area contributed by atoms with Crippen LogP contribution in [0.15, 0.2) is 30.4 Å². The van der Waals surface area contributed by atoms with Crippen LogP contribution in [0.1, 0.15) is 39.2 Å². The van der Waals surface area contributed by atoms with Crippen LogP contribution in [0, 0.1) is 0 Å². The highest BCUT2D eigenvalue weighted by atomic mass is 28.4. The Morgan fingerprint density at radius 3 is 2.73 bits per heavy atom. The Kier molecular flexibility index (Phi) is 4.25. The van der Waals surface area contributed by atoms with Crippen LogP contribution in [0.4, 0.5) is 0 Å². The van der Waals surface area contributed by atoms with Gasteiger partial charge in [0.2, 0.25) is 6.79 Å². The number of hydrogen-bond donors (Lipinski definition) is 1. The first kappa shape index (κ1) is 18.1. The molecule has 26 heavy (non-hydrogen) atoms. The number of fused-ring (bicyclic) bond motifs is 2. The van der Waals surface area contributed by atoms with E-state index < -0.39 is 8.32 Å². The molecule has 1 aromatic rings. The fourth-order valence-electron chi connectivity index (χ4n) is 4.16. The molecule has 0 amide bonds. The van der Waals surface area contributed by atoms with Crippen molar-refractivity contribution in [1.29, 1.82) is 0 Å². The molecule has 0 aromatic heterocycles. The van der Waals surface area contributed by atoms with Crippen molar-refractivity contribution in [2.75, 3.05) is 13.3 Å². The summed E-state index contributed by atoms with van der Waals surface area (Å²) in [6, 6.07) is 6.82. The van der Waals surface area contributed by atoms with Crippen LogP contribution < -0.4 is 14.8 Å². The molecule has 0 radical (unpaired) electrons. The highest BCUT2D eigenvalue weighted by Crippen LogP contribution is 2.46. The quantitative estimate of drug-likeness (QED) is 0.631. The second kappa shape index (κ2) is 6.11. The number of rotatable bonds is 3. The van der Waals surface area contributed by atoms with Gasteiger partial charge in [-0.3, -0.25) is 0 Å². The summed E-state index contributed by atoms with van der Waals surface area (Å²) < 4.78 is 17.8. The predicted molar refractivity (Wildman–Crippen MR) is 106 cm³/mol. The maximum Gasteiger partial charge on any atom is 0.231 e. The third-order valence-corrected chi connectivity index (χ3v) is 11.3. The van der Waals surface area contributed by atoms with E-state index in [0.717, 1.165) is 30.9 Å². The largest absolute Gasteiger partial charge is 0.454 e. The molecular formula is C21H31NO3Si. The molecule has 142 valence electrons. The van der Waals surface area contributed by atoms with Crippen molar-refractivity contribution in [3.8, 4) is 11.5 Å². The molecule has 3 atom stereocenters. The minimum Gasteiger partial charge on any atom is -0.454 e. The van der Waals surface area contributed by atoms with Gasteiger partial charge >= 0.3 is 0 Å². The molecule has 1 N–H and O–H groups in total. The number of hydrogen-bond acceptors (Lipinski definition) is 4. The lowest BCUT2D eigenvalue weighted by atomic mass is 9.69. The Labute approximate surface area is 158 Å². The molecule has 3 aliphatic rings. The van der Waals surface area contributed by atoms with Crippen LogP contribution in [-0.4, -0.2) is 33.8 Å². The lowest BCUT2D eigenvalue weighted by Gasteiger charge is -2.43. The average molecular weight is 374 g/mol. The van der Waals surface area contributed by atoms with E-state index in [2.05, 4.69) is 63.5 Å². The summed E-state index contributed by atoms with van der Waals surface area (Å²) in [6.45, 7) is 12.9. The van der Waals surface area contributed by atoms with Crippen molar-refractivity contribution in [3.63, 3.8) is 0 Å². The Balaban J connectivity index is 1.60. The van der Waals surface area contributed by atoms with E-state index in [1.807, 2.05) is 6.07 Å². The molecule has 0 saturated carbocycles. The normalized spacial score (nSPS) is 30.5. The summed E-state index contributed by atoms with van der Waals surface area (Å²) in [5.41, 5.74) is 1.35. The maximum absolute atomic E-state index is 6.67. The maximum atomic E-state index is 6.67. The average Bonchev–Trinajstić information content (AvgIpc) is 3.19. The van der Waals surface area contributed by atoms with Crippen LogP contribution >= 0.6 is 0 Å². The van der Waals surface area contributed by atoms with Crippen LogP contribution in [-0.2, 0) is 9.84 Å². The highest BCUT2D eigenvalue weighted by molar-refractivity contribution is 6.74. The van der Waals surface area contributed by atoms with Gasteiger partial charge in [-0.25, -0.2) is 0 Å². The van der Waals surface area contributed by atoms with Gasteiger partial charge < -0.3 is 19.2 Å². The number of nitrogens with one attached hydrogen (secondary N) is 1. The van der Waals surface area contributed by atoms with Gasteiger partial charge in [-0.15, -0.1) is 0 Å². The Bertz CT molecular complexity index is 724. The molecule has 0 spiro atoms. The van der Waals surface area contributed by atoms with Crippen molar-refractivity contribution in [2.24, 2.45) is 0 Å². The molecule has 4 nitrogen and oxygen atoms in total. The first-order valence-corrected chi connectivity index (χ1v) is 12.6. The molecule has 0 bridgehead atoms. The van der Waals surface area contributed by atoms with Crippen molar-refractivity contribution < 1.29 is 13.9 Å². The molecular weight excluding hydrogens is 342 g/mol. The van der Waals surface area contributed by atoms with Gasteiger partial charge in [-0.05, 0) is 55.2 Å². The summed E-state index contributed by atoms with van der Waals surface area (Å²) in [7, 11) is -1.77. The van der Waals surface area contributed by atoms with Gasteiger partial charge in [0.25, 0.3) is 0 Å². The smallest absolute Gasteiger partial charge is 0.231 e. The van der Waals surface area contributed by atoms with Gasteiger partial charge in [0.15, 0.2) is 19.8 Å². The van der Waals surface area contributed by atoms with E-state index in [4.69, 9.17) is 13.9 Å². The molecule has 1 saturated heterocycles. The number of benzene rings is 1. The SMILES string of the molecule is CC(C)(C)[Si](C)(C)O[C@@H]1C=C[C@@]2(c3ccc4c(c3)OCO4)CCN[C@H]2C1. The first-order chi connectivity index (χ1) is 12.2. The van der Waals surface area contributed by atoms with Crippen molar-refractivity contribution in [2.45, 2.75) is 69.3 Å². The molecule has 2 heterocycles. The molecule has 4 rings (SSSR count). The van der Waals surface area contributed by atoms with Crippen molar-refractivity contribution in [3.05, 3.63) is 35.9 Å². The Morgan fingerprint density at radius 2 is 1.96 bits per heavy atom. The minimum absolute atomic E-state index is 0.0360. The summed E-state index contributed by atoms with van der Waals surface area (Å²) in [6.07, 6.45) is 7.05. The summed E-state index contributed by atoms with van der Waals surface area (Å²) in [5.74, 6) is 1.72. The van der Waals surface area contributed by atoms with E-state index in [-0.39, 0.29) is 16.6 Å². The van der Waals surface area contributed by atoms with Crippen LogP contribution in [0.3, 0.4) is 0 Å². The monoisotopic (exact) mass is 373 g/mol. The summed E-state index contributed by atoms with van der Waals surface area (Å²) >= 11 is 0. The van der Waals surface area contributed by atoms with Gasteiger partial charge in [0.1, 0.15) is 0 Å². The molecule has 0 unspecified atom stereocenters. The van der Waals surface area contributed by atoms with Gasteiger partial charge in [0.05, 0.1) is 6.10 Å². The third kappa shape index (κ3) is 2.90. The van der Waals surface area contributed by atoms with Gasteiger partial charge in [0, 0.05) is 11.5 Å². The van der Waals surface area contributed by atoms with E-state index in [9.17, 15) is 0 Å². The summed E-state index contributed by atoms with van der Waals surface area (Å²) in [5, 5.41) is 3.96. The number of ether oxygens (including phenoxy) is 2. The predicted octanol–water partition coefficient (Wildman–Crippen LogP) is 4.37. The molecule has 1 aliphatic carbocycles. The lowest BCUT2D eigenvalue weighted by molar-refractivity contribution is 0.173. The zero-order valence-electron chi connectivity index (χ0n) is 16.6. The highest BCUT2D eigenvalue weighted by Gasteiger charge is 2.47. The van der Waals surface area contributed by atoms with Crippen molar-refractivity contribution in [1.82, 2.24) is 5.32 Å². The second-order valence-electron chi connectivity index (χ2n) is 9.38. The Hall–Kier alpha value is -1.30. The molecule has 5 heteroatoms. The van der Waals surface area contributed by atoms with Crippen molar-refractivity contribution >= 4 is 8.32 Å². The zero-order valence-corrected chi connectivity index (χ0v) is 17.6. The second-order valence-corrected chi connectivity index (χ2v) is 14.1. The van der Waals surface area contributed by atoms with Crippen LogP contribution in [0.25, 0.3) is 0 Å². The zero-order chi connectivity index (χ0) is 18.6. The standard InChI is InChI=1S/C21H31NO3Si/c1-20(2,3)26(4,5)25-16-8-9-21(10-11-22-19(21)13-16)15-6-7-17-18(12-15)24-14-23-17/h6-9,12,16,19,22H,10-11,13-14H2,1-5H3/t16-,19+,21+/m1/s1. The van der Waals surface area contributed by atoms with Gasteiger partial charge in [-0.2, -0.15) is 0 Å². The van der Waals surface area contributed by atoms with E-state index >= 15 is 0 Å². The summed E-state index contributed by atoms with van der Waals surface area (Å²) in [4.78, 5) is 0. The lowest BCUT2D eigenvalue weighted by Crippen LogP contribution is -2.49.